The van der Waals surface area contributed by atoms with E-state index in [0.717, 1.165) is 25.1 Å². The Morgan fingerprint density at radius 1 is 1.17 bits per heavy atom. The van der Waals surface area contributed by atoms with E-state index in [9.17, 15) is 9.90 Å². The molecule has 1 aromatic rings. The summed E-state index contributed by atoms with van der Waals surface area (Å²) in [5, 5.41) is 11.0. The van der Waals surface area contributed by atoms with Gasteiger partial charge in [-0.25, -0.2) is 0 Å². The van der Waals surface area contributed by atoms with E-state index in [0.29, 0.717) is 41.9 Å². The van der Waals surface area contributed by atoms with Crippen molar-refractivity contribution in [1.29, 1.82) is 0 Å². The lowest BCUT2D eigenvalue weighted by atomic mass is 10.1. The van der Waals surface area contributed by atoms with E-state index in [-0.39, 0.29) is 11.9 Å². The Bertz CT molecular complexity index is 603. The SMILES string of the molecule is Cc1c(Cl)cc(C(=O)N2CCCN([C@H]3COC[C@@H]3O)CC2)cc1Cl. The number of nitrogens with zero attached hydrogens (tertiary/aromatic N) is 2. The van der Waals surface area contributed by atoms with Crippen molar-refractivity contribution in [2.75, 3.05) is 39.4 Å². The minimum Gasteiger partial charge on any atom is -0.389 e. The van der Waals surface area contributed by atoms with Crippen LogP contribution in [-0.2, 0) is 4.74 Å². The largest absolute Gasteiger partial charge is 0.389 e. The average molecular weight is 373 g/mol. The normalized spacial score (nSPS) is 25.8. The van der Waals surface area contributed by atoms with Crippen LogP contribution in [0.1, 0.15) is 22.3 Å². The molecule has 2 saturated heterocycles. The third-order valence-corrected chi connectivity index (χ3v) is 5.62. The van der Waals surface area contributed by atoms with Crippen LogP contribution in [0, 0.1) is 6.92 Å². The summed E-state index contributed by atoms with van der Waals surface area (Å²) < 4.78 is 5.34. The van der Waals surface area contributed by atoms with Crippen LogP contribution < -0.4 is 0 Å². The molecule has 0 radical (unpaired) electrons. The van der Waals surface area contributed by atoms with E-state index in [1.807, 2.05) is 11.8 Å². The highest BCUT2D eigenvalue weighted by Crippen LogP contribution is 2.26. The minimum atomic E-state index is -0.443. The van der Waals surface area contributed by atoms with Crippen LogP contribution in [0.4, 0.5) is 0 Å². The maximum atomic E-state index is 12.8. The molecule has 7 heteroatoms. The van der Waals surface area contributed by atoms with Gasteiger partial charge < -0.3 is 14.7 Å². The van der Waals surface area contributed by atoms with E-state index < -0.39 is 6.10 Å². The summed E-state index contributed by atoms with van der Waals surface area (Å²) in [6.45, 7) is 5.65. The zero-order valence-corrected chi connectivity index (χ0v) is 15.2. The van der Waals surface area contributed by atoms with Crippen molar-refractivity contribution in [3.8, 4) is 0 Å². The lowest BCUT2D eigenvalue weighted by Gasteiger charge is -2.28. The summed E-state index contributed by atoms with van der Waals surface area (Å²) in [5.41, 5.74) is 1.31. The molecule has 0 bridgehead atoms. The predicted molar refractivity (Wildman–Crippen MR) is 93.9 cm³/mol. The molecule has 1 N–H and O–H groups in total. The molecule has 132 valence electrons. The third kappa shape index (κ3) is 3.70. The van der Waals surface area contributed by atoms with Crippen LogP contribution in [0.2, 0.25) is 10.0 Å². The quantitative estimate of drug-likeness (QED) is 0.864. The highest BCUT2D eigenvalue weighted by Gasteiger charge is 2.33. The molecule has 0 saturated carbocycles. The number of carbonyl (C=O) groups excluding carboxylic acids is 1. The van der Waals surface area contributed by atoms with Crippen molar-refractivity contribution in [2.24, 2.45) is 0 Å². The fraction of sp³-hybridized carbons (Fsp3) is 0.588. The first-order valence-electron chi connectivity index (χ1n) is 8.22. The summed E-state index contributed by atoms with van der Waals surface area (Å²) in [5.74, 6) is -0.0520. The molecule has 5 nitrogen and oxygen atoms in total. The summed E-state index contributed by atoms with van der Waals surface area (Å²) in [4.78, 5) is 16.8. The summed E-state index contributed by atoms with van der Waals surface area (Å²) in [6.07, 6.45) is 0.421. The van der Waals surface area contributed by atoms with E-state index in [4.69, 9.17) is 27.9 Å². The van der Waals surface area contributed by atoms with Gasteiger partial charge in [-0.2, -0.15) is 0 Å². The van der Waals surface area contributed by atoms with Gasteiger partial charge in [0.25, 0.3) is 5.91 Å². The van der Waals surface area contributed by atoms with Gasteiger partial charge in [0.05, 0.1) is 25.4 Å². The molecule has 1 amide bonds. The van der Waals surface area contributed by atoms with Crippen LogP contribution in [-0.4, -0.2) is 72.4 Å². The molecule has 2 heterocycles. The fourth-order valence-electron chi connectivity index (χ4n) is 3.30. The van der Waals surface area contributed by atoms with Crippen LogP contribution in [0.3, 0.4) is 0 Å². The second-order valence-electron chi connectivity index (χ2n) is 6.42. The lowest BCUT2D eigenvalue weighted by molar-refractivity contribution is 0.0725. The Morgan fingerprint density at radius 2 is 1.88 bits per heavy atom. The Balaban J connectivity index is 1.68. The smallest absolute Gasteiger partial charge is 0.254 e. The first-order valence-corrected chi connectivity index (χ1v) is 8.97. The molecule has 0 aliphatic carbocycles. The van der Waals surface area contributed by atoms with Gasteiger partial charge in [0.2, 0.25) is 0 Å². The average Bonchev–Trinajstić information content (AvgIpc) is 2.84. The van der Waals surface area contributed by atoms with Gasteiger partial charge in [-0.1, -0.05) is 23.2 Å². The van der Waals surface area contributed by atoms with Crippen molar-refractivity contribution in [3.63, 3.8) is 0 Å². The van der Waals surface area contributed by atoms with Crippen molar-refractivity contribution < 1.29 is 14.6 Å². The summed E-state index contributed by atoms with van der Waals surface area (Å²) in [6, 6.07) is 3.40. The van der Waals surface area contributed by atoms with E-state index >= 15 is 0 Å². The van der Waals surface area contributed by atoms with Gasteiger partial charge in [-0.05, 0) is 31.0 Å². The number of benzene rings is 1. The van der Waals surface area contributed by atoms with Crippen LogP contribution >= 0.6 is 23.2 Å². The second-order valence-corrected chi connectivity index (χ2v) is 7.23. The van der Waals surface area contributed by atoms with Crippen molar-refractivity contribution in [2.45, 2.75) is 25.5 Å². The molecule has 2 atom stereocenters. The van der Waals surface area contributed by atoms with Crippen molar-refractivity contribution in [3.05, 3.63) is 33.3 Å². The standard InChI is InChI=1S/C17H22Cl2N2O3/c1-11-13(18)7-12(8-14(11)19)17(23)21-4-2-3-20(5-6-21)15-9-24-10-16(15)22/h7-8,15-16,22H,2-6,9-10H2,1H3/t15-,16-/m0/s1. The molecule has 0 unspecified atom stereocenters. The van der Waals surface area contributed by atoms with Crippen LogP contribution in [0.25, 0.3) is 0 Å². The molecule has 2 aliphatic heterocycles. The van der Waals surface area contributed by atoms with Gasteiger partial charge in [0, 0.05) is 41.8 Å². The third-order valence-electron chi connectivity index (χ3n) is 4.84. The zero-order valence-electron chi connectivity index (χ0n) is 13.7. The number of ether oxygens (including phenoxy) is 1. The lowest BCUT2D eigenvalue weighted by Crippen LogP contribution is -2.45. The molecule has 3 rings (SSSR count). The number of halogens is 2. The minimum absolute atomic E-state index is 0.0308. The Labute approximate surface area is 152 Å². The Morgan fingerprint density at radius 3 is 2.50 bits per heavy atom. The van der Waals surface area contributed by atoms with Gasteiger partial charge in [0.15, 0.2) is 0 Å². The number of carbonyl (C=O) groups is 1. The number of rotatable bonds is 2. The van der Waals surface area contributed by atoms with Crippen LogP contribution in [0.15, 0.2) is 12.1 Å². The highest BCUT2D eigenvalue weighted by molar-refractivity contribution is 6.36. The Kier molecular flexibility index (Phi) is 5.67. The monoisotopic (exact) mass is 372 g/mol. The molecular weight excluding hydrogens is 351 g/mol. The van der Waals surface area contributed by atoms with Gasteiger partial charge in [-0.15, -0.1) is 0 Å². The molecule has 1 aromatic carbocycles. The number of hydrogen-bond acceptors (Lipinski definition) is 4. The number of amides is 1. The van der Waals surface area contributed by atoms with Gasteiger partial charge in [0.1, 0.15) is 0 Å². The van der Waals surface area contributed by atoms with Crippen molar-refractivity contribution >= 4 is 29.1 Å². The molecule has 0 aromatic heterocycles. The molecule has 0 spiro atoms. The molecular formula is C17H22Cl2N2O3. The number of aliphatic hydroxyl groups is 1. The second kappa shape index (κ2) is 7.58. The van der Waals surface area contributed by atoms with E-state index in [1.54, 1.807) is 12.1 Å². The van der Waals surface area contributed by atoms with E-state index in [1.165, 1.54) is 0 Å². The number of hydrogen-bond donors (Lipinski definition) is 1. The van der Waals surface area contributed by atoms with Gasteiger partial charge in [-0.3, -0.25) is 9.69 Å². The Hall–Kier alpha value is -0.850. The highest BCUT2D eigenvalue weighted by atomic mass is 35.5. The first-order chi connectivity index (χ1) is 11.5. The fourth-order valence-corrected chi connectivity index (χ4v) is 3.79. The maximum Gasteiger partial charge on any atom is 0.254 e. The molecule has 2 aliphatic rings. The maximum absolute atomic E-state index is 12.8. The summed E-state index contributed by atoms with van der Waals surface area (Å²) >= 11 is 12.3. The zero-order chi connectivity index (χ0) is 17.3. The topological polar surface area (TPSA) is 53.0 Å². The molecule has 24 heavy (non-hydrogen) atoms. The first kappa shape index (κ1) is 18.0. The van der Waals surface area contributed by atoms with Crippen molar-refractivity contribution in [1.82, 2.24) is 9.80 Å². The predicted octanol–water partition coefficient (Wildman–Crippen LogP) is 2.21. The molecule has 2 fully saturated rings. The number of aliphatic hydroxyl groups excluding tert-OH is 1. The van der Waals surface area contributed by atoms with E-state index in [2.05, 4.69) is 4.90 Å². The van der Waals surface area contributed by atoms with Gasteiger partial charge >= 0.3 is 0 Å². The summed E-state index contributed by atoms with van der Waals surface area (Å²) in [7, 11) is 0. The van der Waals surface area contributed by atoms with Crippen LogP contribution in [0.5, 0.6) is 0 Å².